The van der Waals surface area contributed by atoms with E-state index in [1.807, 2.05) is 51.1 Å². The molecule has 0 aromatic heterocycles. The van der Waals surface area contributed by atoms with E-state index in [9.17, 15) is 15.2 Å². The predicted molar refractivity (Wildman–Crippen MR) is 93.3 cm³/mol. The normalized spacial score (nSPS) is 13.5. The molecule has 2 aromatic rings. The van der Waals surface area contributed by atoms with Crippen LogP contribution in [0.15, 0.2) is 36.4 Å². The number of phenolic OH excluding ortho intramolecular Hbond substituents is 1. The molecule has 2 aromatic carbocycles. The Morgan fingerprint density at radius 3 is 2.62 bits per heavy atom. The zero-order valence-electron chi connectivity index (χ0n) is 14.1. The lowest BCUT2D eigenvalue weighted by Gasteiger charge is -2.23. The van der Waals surface area contributed by atoms with Crippen LogP contribution < -0.4 is 4.90 Å². The molecule has 0 unspecified atom stereocenters. The van der Waals surface area contributed by atoms with Gasteiger partial charge in [0.05, 0.1) is 5.56 Å². The van der Waals surface area contributed by atoms with Gasteiger partial charge in [0.15, 0.2) is 0 Å². The van der Waals surface area contributed by atoms with Crippen molar-refractivity contribution in [3.05, 3.63) is 58.7 Å². The molecule has 4 heteroatoms. The molecule has 0 spiro atoms. The standard InChI is InChI=1S/C20H20N2O2/c1-20(2,3)16-11-14(10-15(12-21)18(16)23)19(24)22-9-8-13-6-4-5-7-17(13)22/h4-7,10-11,23H,8-9H2,1-3H3. The molecule has 122 valence electrons. The molecular formula is C20H20N2O2. The summed E-state index contributed by atoms with van der Waals surface area (Å²) >= 11 is 0. The van der Waals surface area contributed by atoms with E-state index in [2.05, 4.69) is 0 Å². The number of carbonyl (C=O) groups excluding carboxylic acids is 1. The average Bonchev–Trinajstić information content (AvgIpc) is 2.97. The van der Waals surface area contributed by atoms with Gasteiger partial charge in [0.1, 0.15) is 11.8 Å². The molecule has 1 aliphatic rings. The van der Waals surface area contributed by atoms with E-state index in [0.717, 1.165) is 17.7 Å². The van der Waals surface area contributed by atoms with Gasteiger partial charge in [-0.2, -0.15) is 5.26 Å². The van der Waals surface area contributed by atoms with Crippen LogP contribution in [0.5, 0.6) is 5.75 Å². The Labute approximate surface area is 142 Å². The summed E-state index contributed by atoms with van der Waals surface area (Å²) in [6.07, 6.45) is 0.831. The van der Waals surface area contributed by atoms with E-state index in [1.54, 1.807) is 11.0 Å². The van der Waals surface area contributed by atoms with Crippen molar-refractivity contribution in [1.29, 1.82) is 5.26 Å². The summed E-state index contributed by atoms with van der Waals surface area (Å²) in [6.45, 7) is 6.47. The molecule has 1 aliphatic heterocycles. The van der Waals surface area contributed by atoms with Crippen molar-refractivity contribution in [3.63, 3.8) is 0 Å². The Morgan fingerprint density at radius 1 is 1.25 bits per heavy atom. The second-order valence-electron chi connectivity index (χ2n) is 7.12. The molecule has 0 saturated carbocycles. The molecule has 0 saturated heterocycles. The van der Waals surface area contributed by atoms with Gasteiger partial charge in [-0.3, -0.25) is 4.79 Å². The molecule has 1 amide bonds. The van der Waals surface area contributed by atoms with Crippen LogP contribution in [0, 0.1) is 11.3 Å². The van der Waals surface area contributed by atoms with Gasteiger partial charge in [0, 0.05) is 23.4 Å². The van der Waals surface area contributed by atoms with Gasteiger partial charge < -0.3 is 10.0 Å². The van der Waals surface area contributed by atoms with Crippen LogP contribution in [0.25, 0.3) is 0 Å². The van der Waals surface area contributed by atoms with Gasteiger partial charge in [-0.15, -0.1) is 0 Å². The molecule has 1 heterocycles. The topological polar surface area (TPSA) is 64.3 Å². The molecule has 0 bridgehead atoms. The maximum Gasteiger partial charge on any atom is 0.258 e. The summed E-state index contributed by atoms with van der Waals surface area (Å²) in [5.74, 6) is -0.176. The summed E-state index contributed by atoms with van der Waals surface area (Å²) in [7, 11) is 0. The van der Waals surface area contributed by atoms with Crippen molar-refractivity contribution in [1.82, 2.24) is 0 Å². The van der Waals surface area contributed by atoms with Crippen molar-refractivity contribution in [2.75, 3.05) is 11.4 Å². The van der Waals surface area contributed by atoms with Crippen molar-refractivity contribution < 1.29 is 9.90 Å². The van der Waals surface area contributed by atoms with E-state index < -0.39 is 0 Å². The van der Waals surface area contributed by atoms with Crippen LogP contribution in [-0.4, -0.2) is 17.6 Å². The number of aromatic hydroxyl groups is 1. The molecule has 0 aliphatic carbocycles. The van der Waals surface area contributed by atoms with E-state index in [1.165, 1.54) is 6.07 Å². The number of nitrogens with zero attached hydrogens (tertiary/aromatic N) is 2. The highest BCUT2D eigenvalue weighted by molar-refractivity contribution is 6.07. The van der Waals surface area contributed by atoms with E-state index >= 15 is 0 Å². The van der Waals surface area contributed by atoms with Gasteiger partial charge in [0.25, 0.3) is 5.91 Å². The summed E-state index contributed by atoms with van der Waals surface area (Å²) in [5.41, 5.74) is 2.89. The third-order valence-electron chi connectivity index (χ3n) is 4.42. The average molecular weight is 320 g/mol. The number of amides is 1. The second kappa shape index (κ2) is 5.68. The SMILES string of the molecule is CC(C)(C)c1cc(C(=O)N2CCc3ccccc32)cc(C#N)c1O. The molecule has 3 rings (SSSR count). The van der Waals surface area contributed by atoms with Crippen LogP contribution >= 0.6 is 0 Å². The summed E-state index contributed by atoms with van der Waals surface area (Å²) in [6, 6.07) is 13.0. The lowest BCUT2D eigenvalue weighted by molar-refractivity contribution is 0.0989. The molecule has 0 fully saturated rings. The van der Waals surface area contributed by atoms with Crippen LogP contribution in [0.3, 0.4) is 0 Å². The monoisotopic (exact) mass is 320 g/mol. The maximum atomic E-state index is 13.0. The first-order chi connectivity index (χ1) is 11.3. The van der Waals surface area contributed by atoms with Crippen LogP contribution in [0.4, 0.5) is 5.69 Å². The van der Waals surface area contributed by atoms with Gasteiger partial charge in [-0.25, -0.2) is 0 Å². The Hall–Kier alpha value is -2.80. The zero-order valence-corrected chi connectivity index (χ0v) is 14.1. The van der Waals surface area contributed by atoms with Gasteiger partial charge in [0.2, 0.25) is 0 Å². The Kier molecular flexibility index (Phi) is 3.81. The number of hydrogen-bond acceptors (Lipinski definition) is 3. The Bertz CT molecular complexity index is 857. The summed E-state index contributed by atoms with van der Waals surface area (Å²) in [5, 5.41) is 19.6. The number of phenols is 1. The third-order valence-corrected chi connectivity index (χ3v) is 4.42. The highest BCUT2D eigenvalue weighted by atomic mass is 16.3. The first kappa shape index (κ1) is 16.1. The van der Waals surface area contributed by atoms with Crippen LogP contribution in [0.2, 0.25) is 0 Å². The minimum absolute atomic E-state index is 0.0385. The smallest absolute Gasteiger partial charge is 0.258 e. The Balaban J connectivity index is 2.07. The largest absolute Gasteiger partial charge is 0.506 e. The van der Waals surface area contributed by atoms with Crippen molar-refractivity contribution in [2.45, 2.75) is 32.6 Å². The minimum atomic E-state index is -0.366. The number of nitriles is 1. The predicted octanol–water partition coefficient (Wildman–Crippen LogP) is 3.76. The number of benzene rings is 2. The summed E-state index contributed by atoms with van der Waals surface area (Å²) in [4.78, 5) is 14.7. The highest BCUT2D eigenvalue weighted by Crippen LogP contribution is 2.35. The lowest BCUT2D eigenvalue weighted by Crippen LogP contribution is -2.29. The van der Waals surface area contributed by atoms with Crippen molar-refractivity contribution in [3.8, 4) is 11.8 Å². The maximum absolute atomic E-state index is 13.0. The second-order valence-corrected chi connectivity index (χ2v) is 7.12. The number of fused-ring (bicyclic) bond motifs is 1. The van der Waals surface area contributed by atoms with Gasteiger partial charge in [-0.05, 0) is 35.6 Å². The van der Waals surface area contributed by atoms with E-state index in [4.69, 9.17) is 0 Å². The molecule has 24 heavy (non-hydrogen) atoms. The number of hydrogen-bond donors (Lipinski definition) is 1. The quantitative estimate of drug-likeness (QED) is 0.870. The first-order valence-electron chi connectivity index (χ1n) is 8.00. The number of carbonyl (C=O) groups is 1. The van der Waals surface area contributed by atoms with Crippen molar-refractivity contribution >= 4 is 11.6 Å². The number of anilines is 1. The Morgan fingerprint density at radius 2 is 1.96 bits per heavy atom. The van der Waals surface area contributed by atoms with Gasteiger partial charge >= 0.3 is 0 Å². The minimum Gasteiger partial charge on any atom is -0.506 e. The van der Waals surface area contributed by atoms with Crippen molar-refractivity contribution in [2.24, 2.45) is 0 Å². The fourth-order valence-corrected chi connectivity index (χ4v) is 3.12. The first-order valence-corrected chi connectivity index (χ1v) is 8.00. The zero-order chi connectivity index (χ0) is 17.5. The third kappa shape index (κ3) is 2.63. The lowest BCUT2D eigenvalue weighted by atomic mass is 9.84. The molecule has 0 radical (unpaired) electrons. The number of rotatable bonds is 1. The molecule has 4 nitrogen and oxygen atoms in total. The summed E-state index contributed by atoms with van der Waals surface area (Å²) < 4.78 is 0. The van der Waals surface area contributed by atoms with E-state index in [-0.39, 0.29) is 22.6 Å². The number of para-hydroxylation sites is 1. The molecular weight excluding hydrogens is 300 g/mol. The van der Waals surface area contributed by atoms with Gasteiger partial charge in [-0.1, -0.05) is 39.0 Å². The fraction of sp³-hybridized carbons (Fsp3) is 0.300. The molecule has 0 atom stereocenters. The van der Waals surface area contributed by atoms with Crippen LogP contribution in [0.1, 0.15) is 47.8 Å². The molecule has 1 N–H and O–H groups in total. The van der Waals surface area contributed by atoms with E-state index in [0.29, 0.717) is 17.7 Å². The fourth-order valence-electron chi connectivity index (χ4n) is 3.12. The van der Waals surface area contributed by atoms with Crippen LogP contribution in [-0.2, 0) is 11.8 Å². The highest BCUT2D eigenvalue weighted by Gasteiger charge is 2.28.